The second kappa shape index (κ2) is 8.46. The van der Waals surface area contributed by atoms with Crippen molar-refractivity contribution in [1.29, 1.82) is 0 Å². The van der Waals surface area contributed by atoms with E-state index in [2.05, 4.69) is 48.6 Å². The highest BCUT2D eigenvalue weighted by atomic mass is 16.5. The van der Waals surface area contributed by atoms with Crippen molar-refractivity contribution in [2.24, 2.45) is 5.92 Å². The molecular weight excluding hydrogens is 364 g/mol. The third-order valence-electron chi connectivity index (χ3n) is 6.34. The predicted molar refractivity (Wildman–Crippen MR) is 112 cm³/mol. The number of methoxy groups -OCH3 is 2. The highest BCUT2D eigenvalue weighted by Gasteiger charge is 2.35. The van der Waals surface area contributed by atoms with Crippen molar-refractivity contribution < 1.29 is 19.2 Å². The molecule has 29 heavy (non-hydrogen) atoms. The number of fused-ring (bicyclic) bond motifs is 1. The molecule has 154 valence electrons. The Hall–Kier alpha value is -2.53. The number of carbonyl (C=O) groups is 1. The molecule has 2 atom stereocenters. The first kappa shape index (κ1) is 19.8. The Bertz CT molecular complexity index is 892. The van der Waals surface area contributed by atoms with Gasteiger partial charge in [-0.2, -0.15) is 0 Å². The summed E-state index contributed by atoms with van der Waals surface area (Å²) in [6, 6.07) is 13.0. The van der Waals surface area contributed by atoms with E-state index in [1.54, 1.807) is 14.2 Å². The normalized spacial score (nSPS) is 20.7. The molecule has 0 radical (unpaired) electrons. The molecule has 2 aromatic carbocycles. The maximum absolute atomic E-state index is 12.3. The first-order chi connectivity index (χ1) is 14.1. The highest BCUT2D eigenvalue weighted by Crippen LogP contribution is 2.34. The van der Waals surface area contributed by atoms with E-state index in [-0.39, 0.29) is 17.9 Å². The smallest absolute Gasteiger partial charge is 0.223 e. The quantitative estimate of drug-likeness (QED) is 0.756. The molecule has 1 saturated carbocycles. The monoisotopic (exact) mass is 395 g/mol. The third kappa shape index (κ3) is 4.25. The molecule has 5 nitrogen and oxygen atoms in total. The van der Waals surface area contributed by atoms with Gasteiger partial charge in [-0.15, -0.1) is 0 Å². The SMILES string of the molecule is COc1cc2c(cc1OC)[C@H](CNC(=O)C1CC1)[NH+](Cc1ccccc1C)CC2. The molecule has 1 aliphatic heterocycles. The van der Waals surface area contributed by atoms with E-state index in [9.17, 15) is 4.79 Å². The zero-order valence-corrected chi connectivity index (χ0v) is 17.6. The average molecular weight is 396 g/mol. The first-order valence-corrected chi connectivity index (χ1v) is 10.5. The largest absolute Gasteiger partial charge is 0.493 e. The minimum atomic E-state index is 0.195. The van der Waals surface area contributed by atoms with Gasteiger partial charge in [0.2, 0.25) is 5.91 Å². The fraction of sp³-hybridized carbons (Fsp3) is 0.458. The van der Waals surface area contributed by atoms with Crippen LogP contribution in [-0.4, -0.2) is 33.2 Å². The molecule has 0 bridgehead atoms. The van der Waals surface area contributed by atoms with Crippen LogP contribution in [0.4, 0.5) is 0 Å². The molecule has 4 rings (SSSR count). The van der Waals surface area contributed by atoms with Gasteiger partial charge in [-0.25, -0.2) is 0 Å². The van der Waals surface area contributed by atoms with Crippen molar-refractivity contribution in [3.8, 4) is 11.5 Å². The van der Waals surface area contributed by atoms with Gasteiger partial charge in [-0.3, -0.25) is 4.79 Å². The first-order valence-electron chi connectivity index (χ1n) is 10.5. The van der Waals surface area contributed by atoms with Crippen LogP contribution in [0.1, 0.15) is 41.1 Å². The van der Waals surface area contributed by atoms with Crippen LogP contribution in [0.2, 0.25) is 0 Å². The van der Waals surface area contributed by atoms with Crippen LogP contribution in [0.25, 0.3) is 0 Å². The Kier molecular flexibility index (Phi) is 5.76. The summed E-state index contributed by atoms with van der Waals surface area (Å²) < 4.78 is 11.1. The fourth-order valence-corrected chi connectivity index (χ4v) is 4.38. The van der Waals surface area contributed by atoms with Gasteiger partial charge >= 0.3 is 0 Å². The minimum Gasteiger partial charge on any atom is -0.493 e. The summed E-state index contributed by atoms with van der Waals surface area (Å²) in [4.78, 5) is 13.8. The van der Waals surface area contributed by atoms with Crippen LogP contribution < -0.4 is 19.7 Å². The van der Waals surface area contributed by atoms with Crippen molar-refractivity contribution in [2.45, 2.75) is 38.8 Å². The van der Waals surface area contributed by atoms with E-state index in [0.29, 0.717) is 6.54 Å². The van der Waals surface area contributed by atoms with E-state index in [0.717, 1.165) is 43.9 Å². The Labute approximate surface area is 173 Å². The lowest BCUT2D eigenvalue weighted by Gasteiger charge is -2.35. The van der Waals surface area contributed by atoms with Gasteiger partial charge < -0.3 is 19.7 Å². The van der Waals surface area contributed by atoms with Gasteiger partial charge in [0.25, 0.3) is 0 Å². The summed E-state index contributed by atoms with van der Waals surface area (Å²) in [5.41, 5.74) is 5.24. The van der Waals surface area contributed by atoms with Crippen LogP contribution >= 0.6 is 0 Å². The molecule has 1 heterocycles. The van der Waals surface area contributed by atoms with E-state index in [1.807, 2.05) is 0 Å². The van der Waals surface area contributed by atoms with Gasteiger partial charge in [0.15, 0.2) is 11.5 Å². The average Bonchev–Trinajstić information content (AvgIpc) is 3.58. The van der Waals surface area contributed by atoms with Crippen molar-refractivity contribution in [1.82, 2.24) is 5.32 Å². The second-order valence-electron chi connectivity index (χ2n) is 8.24. The van der Waals surface area contributed by atoms with Crippen LogP contribution in [0.3, 0.4) is 0 Å². The topological polar surface area (TPSA) is 52.0 Å². The number of hydrogen-bond acceptors (Lipinski definition) is 3. The molecule has 0 saturated heterocycles. The lowest BCUT2D eigenvalue weighted by atomic mass is 9.91. The van der Waals surface area contributed by atoms with Crippen LogP contribution in [0, 0.1) is 12.8 Å². The molecule has 0 aromatic heterocycles. The number of quaternary nitrogens is 1. The highest BCUT2D eigenvalue weighted by molar-refractivity contribution is 5.80. The van der Waals surface area contributed by atoms with Gasteiger partial charge in [0, 0.05) is 23.5 Å². The zero-order valence-electron chi connectivity index (χ0n) is 17.6. The van der Waals surface area contributed by atoms with Crippen molar-refractivity contribution in [3.63, 3.8) is 0 Å². The van der Waals surface area contributed by atoms with Gasteiger partial charge in [-0.05, 0) is 43.0 Å². The summed E-state index contributed by atoms with van der Waals surface area (Å²) in [5.74, 6) is 1.95. The van der Waals surface area contributed by atoms with Crippen LogP contribution in [0.5, 0.6) is 11.5 Å². The number of nitrogens with one attached hydrogen (secondary N) is 2. The molecule has 5 heteroatoms. The molecule has 0 spiro atoms. The lowest BCUT2D eigenvalue weighted by Crippen LogP contribution is -3.12. The number of carbonyl (C=O) groups excluding carboxylic acids is 1. The number of ether oxygens (including phenoxy) is 2. The summed E-state index contributed by atoms with van der Waals surface area (Å²) >= 11 is 0. The maximum atomic E-state index is 12.3. The van der Waals surface area contributed by atoms with Crippen molar-refractivity contribution in [2.75, 3.05) is 27.3 Å². The minimum absolute atomic E-state index is 0.195. The van der Waals surface area contributed by atoms with E-state index < -0.39 is 0 Å². The second-order valence-corrected chi connectivity index (χ2v) is 8.24. The lowest BCUT2D eigenvalue weighted by molar-refractivity contribution is -0.945. The number of amides is 1. The van der Waals surface area contributed by atoms with E-state index in [4.69, 9.17) is 9.47 Å². The molecule has 2 aromatic rings. The summed E-state index contributed by atoms with van der Waals surface area (Å²) in [6.45, 7) is 4.80. The van der Waals surface area contributed by atoms with Crippen LogP contribution in [-0.2, 0) is 17.8 Å². The summed E-state index contributed by atoms with van der Waals surface area (Å²) in [7, 11) is 3.35. The molecule has 1 aliphatic carbocycles. The van der Waals surface area contributed by atoms with Crippen LogP contribution in [0.15, 0.2) is 36.4 Å². The Balaban J connectivity index is 1.64. The number of rotatable bonds is 7. The third-order valence-corrected chi connectivity index (χ3v) is 6.34. The van der Waals surface area contributed by atoms with Crippen molar-refractivity contribution >= 4 is 5.91 Å². The predicted octanol–water partition coefficient (Wildman–Crippen LogP) is 2.22. The number of hydrogen-bond donors (Lipinski definition) is 2. The van der Waals surface area contributed by atoms with E-state index in [1.165, 1.54) is 27.2 Å². The molecular formula is C24H31N2O3+. The molecule has 1 amide bonds. The van der Waals surface area contributed by atoms with E-state index >= 15 is 0 Å². The van der Waals surface area contributed by atoms with Gasteiger partial charge in [-0.1, -0.05) is 24.3 Å². The molecule has 1 unspecified atom stereocenters. The summed E-state index contributed by atoms with van der Waals surface area (Å²) in [6.07, 6.45) is 3.04. The summed E-state index contributed by atoms with van der Waals surface area (Å²) in [5, 5.41) is 3.22. The Morgan fingerprint density at radius 3 is 2.55 bits per heavy atom. The van der Waals surface area contributed by atoms with Gasteiger partial charge in [0.1, 0.15) is 12.6 Å². The van der Waals surface area contributed by atoms with Gasteiger partial charge in [0.05, 0.1) is 27.3 Å². The fourth-order valence-electron chi connectivity index (χ4n) is 4.38. The number of aryl methyl sites for hydroxylation is 1. The zero-order chi connectivity index (χ0) is 20.4. The Morgan fingerprint density at radius 1 is 1.14 bits per heavy atom. The molecule has 1 fully saturated rings. The molecule has 2 aliphatic rings. The standard InChI is InChI=1S/C24H30N2O3/c1-16-6-4-5-7-19(16)15-26-11-10-18-12-22(28-2)23(29-3)13-20(18)21(26)14-25-24(27)17-8-9-17/h4-7,12-13,17,21H,8-11,14-15H2,1-3H3,(H,25,27)/p+1/t21-/m0/s1. The maximum Gasteiger partial charge on any atom is 0.223 e. The Morgan fingerprint density at radius 2 is 1.86 bits per heavy atom. The van der Waals surface area contributed by atoms with Crippen molar-refractivity contribution in [3.05, 3.63) is 58.7 Å². The number of benzene rings is 2. The molecule has 2 N–H and O–H groups in total.